The summed E-state index contributed by atoms with van der Waals surface area (Å²) >= 11 is 0. The predicted octanol–water partition coefficient (Wildman–Crippen LogP) is 3.99. The van der Waals surface area contributed by atoms with Crippen molar-refractivity contribution in [1.29, 1.82) is 0 Å². The largest absolute Gasteiger partial charge is 0.497 e. The molecule has 0 fully saturated rings. The Morgan fingerprint density at radius 1 is 0.769 bits per heavy atom. The number of benzene rings is 2. The van der Waals surface area contributed by atoms with Crippen molar-refractivity contribution in [2.45, 2.75) is 0 Å². The zero-order chi connectivity index (χ0) is 18.4. The minimum absolute atomic E-state index is 0.479. The molecule has 2 N–H and O–H groups in total. The minimum atomic E-state index is 0.479. The van der Waals surface area contributed by atoms with Crippen LogP contribution in [-0.4, -0.2) is 31.3 Å². The highest BCUT2D eigenvalue weighted by Gasteiger charge is 2.07. The van der Waals surface area contributed by atoms with Gasteiger partial charge >= 0.3 is 0 Å². The lowest BCUT2D eigenvalue weighted by Crippen LogP contribution is -2.01. The van der Waals surface area contributed by atoms with Gasteiger partial charge in [-0.1, -0.05) is 0 Å². The number of nitrogens with one attached hydrogen (secondary N) is 2. The van der Waals surface area contributed by atoms with E-state index in [1.807, 2.05) is 36.4 Å². The molecule has 7 heteroatoms. The molecule has 134 valence electrons. The Bertz CT molecular complexity index is 869. The molecule has 1 aromatic heterocycles. The van der Waals surface area contributed by atoms with Crippen molar-refractivity contribution >= 4 is 23.1 Å². The molecule has 7 nitrogen and oxygen atoms in total. The summed E-state index contributed by atoms with van der Waals surface area (Å²) in [4.78, 5) is 8.72. The summed E-state index contributed by atoms with van der Waals surface area (Å²) in [6.45, 7) is 0. The van der Waals surface area contributed by atoms with Gasteiger partial charge in [-0.2, -0.15) is 4.98 Å². The summed E-state index contributed by atoms with van der Waals surface area (Å²) < 4.78 is 15.8. The van der Waals surface area contributed by atoms with Crippen molar-refractivity contribution in [1.82, 2.24) is 9.97 Å². The van der Waals surface area contributed by atoms with Crippen LogP contribution < -0.4 is 24.8 Å². The summed E-state index contributed by atoms with van der Waals surface area (Å²) in [6, 6.07) is 14.8. The first kappa shape index (κ1) is 17.3. The maximum Gasteiger partial charge on any atom is 0.229 e. The predicted molar refractivity (Wildman–Crippen MR) is 101 cm³/mol. The van der Waals surface area contributed by atoms with Gasteiger partial charge in [-0.25, -0.2) is 4.98 Å². The summed E-state index contributed by atoms with van der Waals surface area (Å²) in [5.74, 6) is 3.29. The van der Waals surface area contributed by atoms with Gasteiger partial charge in [0.05, 0.1) is 27.0 Å². The molecule has 26 heavy (non-hydrogen) atoms. The maximum atomic E-state index is 5.39. The second-order valence-electron chi connectivity index (χ2n) is 5.31. The highest BCUT2D eigenvalue weighted by atomic mass is 16.5. The molecule has 0 aliphatic carbocycles. The van der Waals surface area contributed by atoms with Crippen LogP contribution in [0.2, 0.25) is 0 Å². The van der Waals surface area contributed by atoms with Crippen LogP contribution in [-0.2, 0) is 0 Å². The van der Waals surface area contributed by atoms with Crippen LogP contribution in [0.15, 0.2) is 54.7 Å². The van der Waals surface area contributed by atoms with E-state index in [0.717, 1.165) is 22.9 Å². The maximum absolute atomic E-state index is 5.39. The van der Waals surface area contributed by atoms with Gasteiger partial charge in [0.2, 0.25) is 5.95 Å². The van der Waals surface area contributed by atoms with E-state index < -0.39 is 0 Å². The lowest BCUT2D eigenvalue weighted by Gasteiger charge is -2.12. The molecule has 3 rings (SSSR count). The molecule has 0 saturated heterocycles. The van der Waals surface area contributed by atoms with E-state index in [4.69, 9.17) is 14.2 Å². The van der Waals surface area contributed by atoms with Crippen molar-refractivity contribution < 1.29 is 14.2 Å². The summed E-state index contributed by atoms with van der Waals surface area (Å²) in [6.07, 6.45) is 1.68. The molecule has 0 spiro atoms. The molecule has 3 aromatic rings. The van der Waals surface area contributed by atoms with Gasteiger partial charge in [-0.05, 0) is 42.5 Å². The van der Waals surface area contributed by atoms with Gasteiger partial charge in [-0.3, -0.25) is 0 Å². The van der Waals surface area contributed by atoms with Gasteiger partial charge in [0.15, 0.2) is 0 Å². The third-order valence-electron chi connectivity index (χ3n) is 3.67. The average Bonchev–Trinajstić information content (AvgIpc) is 2.69. The van der Waals surface area contributed by atoms with Gasteiger partial charge in [0.1, 0.15) is 23.1 Å². The fourth-order valence-corrected chi connectivity index (χ4v) is 2.33. The Hall–Kier alpha value is -3.48. The van der Waals surface area contributed by atoms with Crippen molar-refractivity contribution in [3.63, 3.8) is 0 Å². The SMILES string of the molecule is COc1ccc(Nc2nccc(Nc3ccc(OC)cc3OC)n2)cc1. The molecule has 0 bridgehead atoms. The molecular formula is C19H20N4O3. The first-order chi connectivity index (χ1) is 12.7. The number of anilines is 4. The Kier molecular flexibility index (Phi) is 5.38. The number of aromatic nitrogens is 2. The van der Waals surface area contributed by atoms with E-state index in [2.05, 4.69) is 20.6 Å². The fraction of sp³-hybridized carbons (Fsp3) is 0.158. The van der Waals surface area contributed by atoms with E-state index in [9.17, 15) is 0 Å². The van der Waals surface area contributed by atoms with Crippen LogP contribution in [0.1, 0.15) is 0 Å². The topological polar surface area (TPSA) is 77.5 Å². The second-order valence-corrected chi connectivity index (χ2v) is 5.31. The fourth-order valence-electron chi connectivity index (χ4n) is 2.33. The molecule has 0 radical (unpaired) electrons. The van der Waals surface area contributed by atoms with Gasteiger partial charge < -0.3 is 24.8 Å². The van der Waals surface area contributed by atoms with Crippen LogP contribution in [0, 0.1) is 0 Å². The molecule has 2 aromatic carbocycles. The summed E-state index contributed by atoms with van der Waals surface area (Å²) in [7, 11) is 4.86. The number of hydrogen-bond acceptors (Lipinski definition) is 7. The van der Waals surface area contributed by atoms with Gasteiger partial charge in [-0.15, -0.1) is 0 Å². The highest BCUT2D eigenvalue weighted by molar-refractivity contribution is 5.66. The quantitative estimate of drug-likeness (QED) is 0.666. The van der Waals surface area contributed by atoms with Crippen LogP contribution in [0.3, 0.4) is 0 Å². The van der Waals surface area contributed by atoms with E-state index >= 15 is 0 Å². The van der Waals surface area contributed by atoms with Crippen molar-refractivity contribution in [2.24, 2.45) is 0 Å². The average molecular weight is 352 g/mol. The lowest BCUT2D eigenvalue weighted by molar-refractivity contribution is 0.395. The molecule has 0 saturated carbocycles. The normalized spacial score (nSPS) is 10.1. The number of ether oxygens (including phenoxy) is 3. The van der Waals surface area contributed by atoms with Crippen LogP contribution >= 0.6 is 0 Å². The number of nitrogens with zero attached hydrogens (tertiary/aromatic N) is 2. The van der Waals surface area contributed by atoms with Crippen LogP contribution in [0.5, 0.6) is 17.2 Å². The van der Waals surface area contributed by atoms with Gasteiger partial charge in [0, 0.05) is 18.0 Å². The van der Waals surface area contributed by atoms with Crippen molar-refractivity contribution in [2.75, 3.05) is 32.0 Å². The Morgan fingerprint density at radius 3 is 2.19 bits per heavy atom. The lowest BCUT2D eigenvalue weighted by atomic mass is 10.2. The molecule has 0 amide bonds. The monoisotopic (exact) mass is 352 g/mol. The minimum Gasteiger partial charge on any atom is -0.497 e. The van der Waals surface area contributed by atoms with Gasteiger partial charge in [0.25, 0.3) is 0 Å². The molecule has 0 aliphatic heterocycles. The summed E-state index contributed by atoms with van der Waals surface area (Å²) in [5.41, 5.74) is 1.65. The first-order valence-corrected chi connectivity index (χ1v) is 7.95. The van der Waals surface area contributed by atoms with E-state index in [1.54, 1.807) is 39.7 Å². The zero-order valence-corrected chi connectivity index (χ0v) is 14.8. The molecular weight excluding hydrogens is 332 g/mol. The third kappa shape index (κ3) is 4.13. The summed E-state index contributed by atoms with van der Waals surface area (Å²) in [5, 5.41) is 6.39. The number of methoxy groups -OCH3 is 3. The first-order valence-electron chi connectivity index (χ1n) is 7.95. The van der Waals surface area contributed by atoms with Crippen LogP contribution in [0.25, 0.3) is 0 Å². The Morgan fingerprint density at radius 2 is 1.50 bits per heavy atom. The number of hydrogen-bond donors (Lipinski definition) is 2. The Balaban J connectivity index is 1.76. The molecule has 0 aliphatic rings. The second kappa shape index (κ2) is 8.06. The van der Waals surface area contributed by atoms with Crippen LogP contribution in [0.4, 0.5) is 23.1 Å². The van der Waals surface area contributed by atoms with E-state index in [-0.39, 0.29) is 0 Å². The standard InChI is InChI=1S/C19H20N4O3/c1-24-14-6-4-13(5-7-14)21-19-20-11-10-18(23-19)22-16-9-8-15(25-2)12-17(16)26-3/h4-12H,1-3H3,(H2,20,21,22,23). The number of rotatable bonds is 7. The Labute approximate surface area is 152 Å². The van der Waals surface area contributed by atoms with Crippen molar-refractivity contribution in [3.05, 3.63) is 54.7 Å². The molecule has 1 heterocycles. The smallest absolute Gasteiger partial charge is 0.229 e. The van der Waals surface area contributed by atoms with E-state index in [1.165, 1.54) is 0 Å². The zero-order valence-electron chi connectivity index (χ0n) is 14.8. The highest BCUT2D eigenvalue weighted by Crippen LogP contribution is 2.31. The third-order valence-corrected chi connectivity index (χ3v) is 3.67. The molecule has 0 atom stereocenters. The van der Waals surface area contributed by atoms with E-state index in [0.29, 0.717) is 17.5 Å². The molecule has 0 unspecified atom stereocenters. The van der Waals surface area contributed by atoms with Crippen molar-refractivity contribution in [3.8, 4) is 17.2 Å².